The molecular formula is C20H17F5N4O3S. The lowest BCUT2D eigenvalue weighted by Gasteiger charge is -2.38. The number of rotatable bonds is 5. The second-order valence-electron chi connectivity index (χ2n) is 7.49. The quantitative estimate of drug-likeness (QED) is 0.626. The van der Waals surface area contributed by atoms with E-state index in [1.165, 1.54) is 18.2 Å². The highest BCUT2D eigenvalue weighted by atomic mass is 32.2. The predicted octanol–water partition coefficient (Wildman–Crippen LogP) is 3.41. The molecule has 33 heavy (non-hydrogen) atoms. The number of hydrogen-bond donors (Lipinski definition) is 2. The van der Waals surface area contributed by atoms with E-state index in [4.69, 9.17) is 10.5 Å². The van der Waals surface area contributed by atoms with Gasteiger partial charge in [0.15, 0.2) is 23.0 Å². The summed E-state index contributed by atoms with van der Waals surface area (Å²) in [6.07, 6.45) is -3.54. The fraction of sp³-hybridized carbons (Fsp3) is 0.350. The maximum absolute atomic E-state index is 15.6. The van der Waals surface area contributed by atoms with Crippen LogP contribution in [0.1, 0.15) is 16.1 Å². The number of anilines is 1. The van der Waals surface area contributed by atoms with Crippen LogP contribution >= 0.6 is 11.8 Å². The zero-order valence-electron chi connectivity index (χ0n) is 16.8. The number of carbonyl (C=O) groups is 1. The van der Waals surface area contributed by atoms with E-state index in [2.05, 4.69) is 20.0 Å². The summed E-state index contributed by atoms with van der Waals surface area (Å²) >= 11 is 1.01. The number of carbonyl (C=O) groups excluding carboxylic acids is 1. The molecule has 0 bridgehead atoms. The molecule has 2 atom stereocenters. The molecule has 0 saturated carbocycles. The van der Waals surface area contributed by atoms with Crippen LogP contribution in [0.3, 0.4) is 0 Å². The number of halogens is 5. The molecule has 0 aliphatic carbocycles. The minimum absolute atomic E-state index is 0.0644. The number of nitrogens with zero attached hydrogens (tertiary/aromatic N) is 2. The molecule has 1 amide bonds. The molecule has 0 radical (unpaired) electrons. The summed E-state index contributed by atoms with van der Waals surface area (Å²) in [4.78, 5) is 20.5. The van der Waals surface area contributed by atoms with Crippen molar-refractivity contribution in [2.24, 2.45) is 10.7 Å². The zero-order chi connectivity index (χ0) is 23.9. The van der Waals surface area contributed by atoms with Crippen molar-refractivity contribution in [3.8, 4) is 5.75 Å². The molecule has 7 nitrogen and oxygen atoms in total. The second-order valence-corrected chi connectivity index (χ2v) is 8.48. The van der Waals surface area contributed by atoms with Crippen molar-refractivity contribution in [1.82, 2.24) is 4.98 Å². The van der Waals surface area contributed by atoms with Crippen LogP contribution in [0.25, 0.3) is 0 Å². The predicted molar refractivity (Wildman–Crippen MR) is 111 cm³/mol. The Kier molecular flexibility index (Phi) is 5.95. The topological polar surface area (TPSA) is 98.8 Å². The Morgan fingerprint density at radius 1 is 1.27 bits per heavy atom. The molecule has 0 spiro atoms. The number of aliphatic imine (C=N–C) groups is 1. The number of pyridine rings is 1. The number of amides is 1. The van der Waals surface area contributed by atoms with Gasteiger partial charge in [-0.1, -0.05) is 11.8 Å². The van der Waals surface area contributed by atoms with Gasteiger partial charge in [0.1, 0.15) is 17.3 Å². The number of nitrogens with two attached hydrogens (primary N) is 1. The third-order valence-electron chi connectivity index (χ3n) is 5.17. The van der Waals surface area contributed by atoms with E-state index in [-0.39, 0.29) is 46.8 Å². The minimum Gasteiger partial charge on any atom is -0.483 e. The molecule has 1 fully saturated rings. The van der Waals surface area contributed by atoms with Gasteiger partial charge in [-0.3, -0.25) is 4.79 Å². The van der Waals surface area contributed by atoms with Gasteiger partial charge >= 0.3 is 6.18 Å². The number of alkyl halides is 4. The van der Waals surface area contributed by atoms with Crippen molar-refractivity contribution in [1.29, 1.82) is 0 Å². The first-order valence-corrected chi connectivity index (χ1v) is 10.5. The van der Waals surface area contributed by atoms with Crippen molar-refractivity contribution < 1.29 is 36.2 Å². The Morgan fingerprint density at radius 2 is 2.06 bits per heavy atom. The fourth-order valence-electron chi connectivity index (χ4n) is 3.57. The van der Waals surface area contributed by atoms with Crippen molar-refractivity contribution in [3.63, 3.8) is 0 Å². The van der Waals surface area contributed by atoms with Gasteiger partial charge in [-0.15, -0.1) is 0 Å². The number of amidine groups is 1. The molecule has 3 heterocycles. The van der Waals surface area contributed by atoms with Crippen molar-refractivity contribution >= 4 is 28.5 Å². The normalized spacial score (nSPS) is 24.7. The van der Waals surface area contributed by atoms with Crippen LogP contribution in [-0.4, -0.2) is 53.5 Å². The molecule has 1 aromatic heterocycles. The van der Waals surface area contributed by atoms with Gasteiger partial charge in [0.25, 0.3) is 5.91 Å². The van der Waals surface area contributed by atoms with Crippen LogP contribution in [0.5, 0.6) is 5.75 Å². The van der Waals surface area contributed by atoms with E-state index in [9.17, 15) is 22.4 Å². The first-order valence-electron chi connectivity index (χ1n) is 9.53. The first-order chi connectivity index (χ1) is 15.5. The Balaban J connectivity index is 1.55. The number of fused-ring (bicyclic) bond motifs is 1. The van der Waals surface area contributed by atoms with Gasteiger partial charge in [-0.25, -0.2) is 18.8 Å². The van der Waals surface area contributed by atoms with Gasteiger partial charge in [-0.05, 0) is 30.3 Å². The molecule has 2 aromatic rings. The van der Waals surface area contributed by atoms with Gasteiger partial charge in [0, 0.05) is 17.0 Å². The maximum Gasteiger partial charge on any atom is 0.422 e. The molecule has 1 saturated heterocycles. The van der Waals surface area contributed by atoms with Gasteiger partial charge in [0.2, 0.25) is 0 Å². The van der Waals surface area contributed by atoms with Crippen LogP contribution in [0.2, 0.25) is 0 Å². The molecular weight excluding hydrogens is 471 g/mol. The number of benzene rings is 1. The third-order valence-corrected chi connectivity index (χ3v) is 6.16. The molecule has 176 valence electrons. The average molecular weight is 488 g/mol. The summed E-state index contributed by atoms with van der Waals surface area (Å²) in [7, 11) is 0. The Labute approximate surface area is 188 Å². The lowest BCUT2D eigenvalue weighted by Crippen LogP contribution is -2.52. The standard InChI is InChI=1S/C20H17F5N4O3S/c21-14-3-1-11(5-13(14)19-8-31-7-18(19,22)10-33-17(26)29-19)28-16(30)15-4-2-12(6-27-15)32-9-20(23,24)25/h1-6H,7-10H2,(H2,26,29)(H,28,30). The third kappa shape index (κ3) is 4.60. The number of aromatic nitrogens is 1. The lowest BCUT2D eigenvalue weighted by molar-refractivity contribution is -0.153. The van der Waals surface area contributed by atoms with Crippen molar-refractivity contribution in [2.45, 2.75) is 17.4 Å². The van der Waals surface area contributed by atoms with E-state index in [0.29, 0.717) is 0 Å². The smallest absolute Gasteiger partial charge is 0.422 e. The Bertz CT molecular complexity index is 1100. The highest BCUT2D eigenvalue weighted by Crippen LogP contribution is 2.50. The summed E-state index contributed by atoms with van der Waals surface area (Å²) in [5, 5.41) is 2.60. The van der Waals surface area contributed by atoms with Crippen molar-refractivity contribution in [2.75, 3.05) is 30.9 Å². The van der Waals surface area contributed by atoms with Crippen LogP contribution in [0.4, 0.5) is 27.6 Å². The SMILES string of the molecule is NC1=NC2(c3cc(NC(=O)c4ccc(OCC(F)(F)F)cn4)ccc3F)COCC2(F)CS1. The van der Waals surface area contributed by atoms with E-state index < -0.39 is 35.7 Å². The minimum atomic E-state index is -4.51. The molecule has 13 heteroatoms. The summed E-state index contributed by atoms with van der Waals surface area (Å²) in [5.74, 6) is -1.69. The molecule has 2 aliphatic rings. The van der Waals surface area contributed by atoms with Crippen LogP contribution in [0, 0.1) is 5.82 Å². The Hall–Kier alpha value is -2.93. The van der Waals surface area contributed by atoms with E-state index in [0.717, 1.165) is 30.1 Å². The lowest BCUT2D eigenvalue weighted by atomic mass is 9.79. The molecule has 2 aliphatic heterocycles. The summed E-state index contributed by atoms with van der Waals surface area (Å²) in [5.41, 5.74) is 2.00. The number of thioether (sulfide) groups is 1. The molecule has 3 N–H and O–H groups in total. The van der Waals surface area contributed by atoms with Crippen molar-refractivity contribution in [3.05, 3.63) is 53.6 Å². The average Bonchev–Trinajstić information content (AvgIpc) is 3.10. The monoisotopic (exact) mass is 488 g/mol. The largest absolute Gasteiger partial charge is 0.483 e. The molecule has 2 unspecified atom stereocenters. The van der Waals surface area contributed by atoms with Crippen LogP contribution < -0.4 is 15.8 Å². The highest BCUT2D eigenvalue weighted by Gasteiger charge is 2.61. The van der Waals surface area contributed by atoms with E-state index in [1.54, 1.807) is 0 Å². The fourth-order valence-corrected chi connectivity index (χ4v) is 4.49. The van der Waals surface area contributed by atoms with E-state index in [1.807, 2.05) is 0 Å². The van der Waals surface area contributed by atoms with Gasteiger partial charge in [0.05, 0.1) is 19.4 Å². The number of ether oxygens (including phenoxy) is 2. The van der Waals surface area contributed by atoms with E-state index >= 15 is 4.39 Å². The number of nitrogens with one attached hydrogen (secondary N) is 1. The van der Waals surface area contributed by atoms with Crippen LogP contribution in [0.15, 0.2) is 41.5 Å². The first kappa shape index (κ1) is 23.2. The Morgan fingerprint density at radius 3 is 2.76 bits per heavy atom. The van der Waals surface area contributed by atoms with Crippen LogP contribution in [-0.2, 0) is 10.3 Å². The summed E-state index contributed by atoms with van der Waals surface area (Å²) < 4.78 is 77.0. The molecule has 4 rings (SSSR count). The zero-order valence-corrected chi connectivity index (χ0v) is 17.6. The second kappa shape index (κ2) is 8.45. The summed E-state index contributed by atoms with van der Waals surface area (Å²) in [6, 6.07) is 5.92. The number of hydrogen-bond acceptors (Lipinski definition) is 7. The van der Waals surface area contributed by atoms with Gasteiger partial charge in [-0.2, -0.15) is 13.2 Å². The summed E-state index contributed by atoms with van der Waals surface area (Å²) in [6.45, 7) is -1.99. The highest BCUT2D eigenvalue weighted by molar-refractivity contribution is 8.13. The van der Waals surface area contributed by atoms with Gasteiger partial charge < -0.3 is 20.5 Å². The molecule has 1 aromatic carbocycles. The maximum atomic E-state index is 15.6.